The lowest BCUT2D eigenvalue weighted by Gasteiger charge is -2.41. The average molecular weight is 423 g/mol. The van der Waals surface area contributed by atoms with E-state index in [0.717, 1.165) is 5.56 Å². The summed E-state index contributed by atoms with van der Waals surface area (Å²) in [5.74, 6) is -0.182. The maximum Gasteiger partial charge on any atom is 0.308 e. The third-order valence-corrected chi connectivity index (χ3v) is 5.96. The van der Waals surface area contributed by atoms with Crippen LogP contribution in [0.2, 0.25) is 0 Å². The van der Waals surface area contributed by atoms with Gasteiger partial charge in [0.2, 0.25) is 0 Å². The number of aliphatic hydroxyl groups excluding tert-OH is 3. The monoisotopic (exact) mass is 422 g/mol. The summed E-state index contributed by atoms with van der Waals surface area (Å²) in [7, 11) is 0. The van der Waals surface area contributed by atoms with Crippen molar-refractivity contribution in [2.45, 2.75) is 70.7 Å². The Bertz CT molecular complexity index is 687. The minimum atomic E-state index is -0.981. The van der Waals surface area contributed by atoms with Crippen molar-refractivity contribution in [1.29, 1.82) is 0 Å². The summed E-state index contributed by atoms with van der Waals surface area (Å²) in [5.41, 5.74) is 0.965. The lowest BCUT2D eigenvalue weighted by Crippen LogP contribution is -2.36. The minimum Gasteiger partial charge on any atom is -0.466 e. The Morgan fingerprint density at radius 3 is 2.50 bits per heavy atom. The van der Waals surface area contributed by atoms with E-state index in [9.17, 15) is 24.5 Å². The highest BCUT2D eigenvalue weighted by Crippen LogP contribution is 2.45. The van der Waals surface area contributed by atoms with Gasteiger partial charge in [0.05, 0.1) is 31.3 Å². The van der Waals surface area contributed by atoms with Gasteiger partial charge in [0, 0.05) is 6.42 Å². The molecule has 0 radical (unpaired) electrons. The van der Waals surface area contributed by atoms with Crippen molar-refractivity contribution in [2.24, 2.45) is 17.8 Å². The van der Waals surface area contributed by atoms with Crippen LogP contribution in [0.25, 0.3) is 0 Å². The molecule has 6 unspecified atom stereocenters. The maximum absolute atomic E-state index is 13.4. The van der Waals surface area contributed by atoms with Gasteiger partial charge in [-0.1, -0.05) is 38.1 Å². The lowest BCUT2D eigenvalue weighted by molar-refractivity contribution is -0.145. The summed E-state index contributed by atoms with van der Waals surface area (Å²) in [6.07, 6.45) is 2.47. The number of hydrogen-bond acceptors (Lipinski definition) is 5. The number of halogens is 1. The molecule has 0 aliphatic heterocycles. The van der Waals surface area contributed by atoms with Crippen LogP contribution in [0.1, 0.15) is 57.9 Å². The molecule has 1 fully saturated rings. The molecule has 0 spiro atoms. The van der Waals surface area contributed by atoms with Gasteiger partial charge in [-0.25, -0.2) is 4.39 Å². The molecule has 1 aromatic rings. The normalized spacial score (nSPS) is 26.7. The van der Waals surface area contributed by atoms with E-state index in [1.165, 1.54) is 12.1 Å². The van der Waals surface area contributed by atoms with Gasteiger partial charge < -0.3 is 20.1 Å². The molecule has 0 heterocycles. The van der Waals surface area contributed by atoms with Crippen LogP contribution in [-0.4, -0.2) is 46.2 Å². The summed E-state index contributed by atoms with van der Waals surface area (Å²) in [6.45, 7) is 6.18. The smallest absolute Gasteiger partial charge is 0.308 e. The summed E-state index contributed by atoms with van der Waals surface area (Å²) in [5, 5.41) is 30.8. The number of ether oxygens (including phenoxy) is 1. The van der Waals surface area contributed by atoms with Crippen LogP contribution in [0.3, 0.4) is 0 Å². The first-order valence-electron chi connectivity index (χ1n) is 10.8. The van der Waals surface area contributed by atoms with Crippen molar-refractivity contribution in [3.05, 3.63) is 47.8 Å². The van der Waals surface area contributed by atoms with Gasteiger partial charge in [-0.15, -0.1) is 0 Å². The Hall–Kier alpha value is -1.76. The third kappa shape index (κ3) is 7.18. The number of aliphatic hydroxyl groups is 3. The van der Waals surface area contributed by atoms with E-state index < -0.39 is 24.3 Å². The average Bonchev–Trinajstić information content (AvgIpc) is 2.66. The van der Waals surface area contributed by atoms with Gasteiger partial charge in [0.25, 0.3) is 0 Å². The molecule has 5 nitrogen and oxygen atoms in total. The lowest BCUT2D eigenvalue weighted by atomic mass is 9.65. The Kier molecular flexibility index (Phi) is 9.46. The van der Waals surface area contributed by atoms with Crippen molar-refractivity contribution < 1.29 is 29.2 Å². The van der Waals surface area contributed by atoms with Crippen molar-refractivity contribution in [1.82, 2.24) is 0 Å². The zero-order valence-electron chi connectivity index (χ0n) is 18.1. The van der Waals surface area contributed by atoms with Crippen LogP contribution in [0.4, 0.5) is 4.39 Å². The zero-order valence-corrected chi connectivity index (χ0v) is 18.1. The van der Waals surface area contributed by atoms with Crippen LogP contribution in [0.5, 0.6) is 0 Å². The summed E-state index contributed by atoms with van der Waals surface area (Å²) >= 11 is 0. The molecule has 1 saturated carbocycles. The molecule has 1 aliphatic carbocycles. The molecular weight excluding hydrogens is 387 g/mol. The second-order valence-corrected chi connectivity index (χ2v) is 8.62. The van der Waals surface area contributed by atoms with Gasteiger partial charge in [-0.05, 0) is 61.1 Å². The summed E-state index contributed by atoms with van der Waals surface area (Å²) in [4.78, 5) is 11.5. The molecule has 30 heavy (non-hydrogen) atoms. The number of allylic oxidation sites excluding steroid dienone is 1. The van der Waals surface area contributed by atoms with E-state index in [1.807, 2.05) is 6.08 Å². The topological polar surface area (TPSA) is 87.0 Å². The molecule has 3 N–H and O–H groups in total. The highest BCUT2D eigenvalue weighted by atomic mass is 19.1. The summed E-state index contributed by atoms with van der Waals surface area (Å²) in [6, 6.07) is 6.38. The molecule has 0 bridgehead atoms. The Balaban J connectivity index is 2.13. The van der Waals surface area contributed by atoms with E-state index in [0.29, 0.717) is 18.8 Å². The Labute approximate surface area is 178 Å². The predicted molar refractivity (Wildman–Crippen MR) is 113 cm³/mol. The molecule has 0 saturated heterocycles. The van der Waals surface area contributed by atoms with Crippen LogP contribution in [0.15, 0.2) is 36.4 Å². The van der Waals surface area contributed by atoms with E-state index in [-0.39, 0.29) is 43.0 Å². The zero-order chi connectivity index (χ0) is 22.3. The fourth-order valence-corrected chi connectivity index (χ4v) is 4.49. The first-order chi connectivity index (χ1) is 14.2. The molecule has 6 heteroatoms. The van der Waals surface area contributed by atoms with Gasteiger partial charge in [0.15, 0.2) is 0 Å². The highest BCUT2D eigenvalue weighted by molar-refractivity contribution is 5.69. The highest BCUT2D eigenvalue weighted by Gasteiger charge is 2.38. The second kappa shape index (κ2) is 11.6. The van der Waals surface area contributed by atoms with E-state index >= 15 is 0 Å². The number of carbonyl (C=O) groups excluding carboxylic acids is 1. The molecule has 0 amide bonds. The summed E-state index contributed by atoms with van der Waals surface area (Å²) < 4.78 is 18.2. The largest absolute Gasteiger partial charge is 0.466 e. The predicted octanol–water partition coefficient (Wildman–Crippen LogP) is 3.57. The van der Waals surface area contributed by atoms with Gasteiger partial charge in [-0.2, -0.15) is 0 Å². The standard InChI is InChI=1S/C24H35FO5/c1-4-30-24(29)14-19(27)11-18(26)9-10-21-22(15(2)3)12-20(28)13-23(21)16-5-7-17(25)8-6-16/h5-10,15,18-23,26-28H,4,11-14H2,1-3H3/b10-9+. The quantitative estimate of drug-likeness (QED) is 0.418. The van der Waals surface area contributed by atoms with E-state index in [4.69, 9.17) is 4.74 Å². The second-order valence-electron chi connectivity index (χ2n) is 8.62. The molecule has 1 aliphatic rings. The number of hydrogen-bond donors (Lipinski definition) is 3. The van der Waals surface area contributed by atoms with Crippen molar-refractivity contribution in [3.8, 4) is 0 Å². The third-order valence-electron chi connectivity index (χ3n) is 5.96. The number of benzene rings is 1. The van der Waals surface area contributed by atoms with Crippen molar-refractivity contribution in [2.75, 3.05) is 6.61 Å². The number of carbonyl (C=O) groups is 1. The maximum atomic E-state index is 13.4. The van der Waals surface area contributed by atoms with E-state index in [1.54, 1.807) is 25.1 Å². The van der Waals surface area contributed by atoms with Crippen LogP contribution in [0, 0.1) is 23.6 Å². The Morgan fingerprint density at radius 2 is 1.90 bits per heavy atom. The first-order valence-corrected chi connectivity index (χ1v) is 10.8. The minimum absolute atomic E-state index is 0.00894. The molecule has 6 atom stereocenters. The molecule has 0 aromatic heterocycles. The van der Waals surface area contributed by atoms with Crippen LogP contribution in [-0.2, 0) is 9.53 Å². The molecule has 2 rings (SSSR count). The van der Waals surface area contributed by atoms with Crippen LogP contribution >= 0.6 is 0 Å². The number of esters is 1. The fourth-order valence-electron chi connectivity index (χ4n) is 4.49. The van der Waals surface area contributed by atoms with Gasteiger partial charge in [0.1, 0.15) is 5.82 Å². The van der Waals surface area contributed by atoms with E-state index in [2.05, 4.69) is 13.8 Å². The number of rotatable bonds is 9. The fraction of sp³-hybridized carbons (Fsp3) is 0.625. The Morgan fingerprint density at radius 1 is 1.23 bits per heavy atom. The van der Waals surface area contributed by atoms with Crippen molar-refractivity contribution >= 4 is 5.97 Å². The van der Waals surface area contributed by atoms with Gasteiger partial charge in [-0.3, -0.25) is 4.79 Å². The molecule has 1 aromatic carbocycles. The molecule has 168 valence electrons. The van der Waals surface area contributed by atoms with Crippen LogP contribution < -0.4 is 0 Å². The SMILES string of the molecule is CCOC(=O)CC(O)CC(O)/C=C/C1C(c2ccc(F)cc2)CC(O)CC1C(C)C. The van der Waals surface area contributed by atoms with Gasteiger partial charge >= 0.3 is 5.97 Å². The first kappa shape index (κ1) is 24.5. The molecular formula is C24H35FO5. The van der Waals surface area contributed by atoms with Crippen molar-refractivity contribution in [3.63, 3.8) is 0 Å².